The quantitative estimate of drug-likeness (QED) is 0.761. The van der Waals surface area contributed by atoms with E-state index >= 15 is 0 Å². The van der Waals surface area contributed by atoms with Crippen LogP contribution < -0.4 is 5.73 Å². The number of nitrogens with two attached hydrogens (primary N) is 1. The SMILES string of the molecule is Cc1sc(C)c(CCN)c1Cl. The van der Waals surface area contributed by atoms with Crippen molar-refractivity contribution in [2.45, 2.75) is 20.3 Å². The lowest BCUT2D eigenvalue weighted by Gasteiger charge is -1.96. The maximum Gasteiger partial charge on any atom is 0.0577 e. The maximum atomic E-state index is 6.05. The van der Waals surface area contributed by atoms with Crippen molar-refractivity contribution in [2.75, 3.05) is 6.54 Å². The summed E-state index contributed by atoms with van der Waals surface area (Å²) in [6.07, 6.45) is 0.898. The van der Waals surface area contributed by atoms with Gasteiger partial charge in [-0.2, -0.15) is 0 Å². The number of halogens is 1. The molecule has 1 aromatic rings. The zero-order chi connectivity index (χ0) is 8.43. The van der Waals surface area contributed by atoms with Gasteiger partial charge in [0.15, 0.2) is 0 Å². The maximum absolute atomic E-state index is 6.05. The fourth-order valence-electron chi connectivity index (χ4n) is 1.13. The fourth-order valence-corrected chi connectivity index (χ4v) is 2.54. The summed E-state index contributed by atoms with van der Waals surface area (Å²) < 4.78 is 0. The monoisotopic (exact) mass is 189 g/mol. The Morgan fingerprint density at radius 1 is 1.36 bits per heavy atom. The van der Waals surface area contributed by atoms with Crippen LogP contribution in [0, 0.1) is 13.8 Å². The second-order valence-electron chi connectivity index (χ2n) is 2.55. The predicted octanol–water partition coefficient (Wildman–Crippen LogP) is 2.52. The van der Waals surface area contributed by atoms with Crippen LogP contribution in [0.15, 0.2) is 0 Å². The summed E-state index contributed by atoms with van der Waals surface area (Å²) in [5.74, 6) is 0. The number of aryl methyl sites for hydroxylation is 2. The molecule has 0 aliphatic heterocycles. The van der Waals surface area contributed by atoms with Crippen LogP contribution in [0.1, 0.15) is 15.3 Å². The van der Waals surface area contributed by atoms with Gasteiger partial charge in [-0.15, -0.1) is 11.3 Å². The highest BCUT2D eigenvalue weighted by molar-refractivity contribution is 7.12. The average Bonchev–Trinajstić information content (AvgIpc) is 2.17. The van der Waals surface area contributed by atoms with Crippen LogP contribution in [-0.4, -0.2) is 6.54 Å². The van der Waals surface area contributed by atoms with Crippen LogP contribution in [0.3, 0.4) is 0 Å². The molecule has 0 saturated heterocycles. The van der Waals surface area contributed by atoms with E-state index in [0.29, 0.717) is 6.54 Å². The van der Waals surface area contributed by atoms with E-state index in [2.05, 4.69) is 6.92 Å². The molecule has 0 radical (unpaired) electrons. The van der Waals surface area contributed by atoms with E-state index in [9.17, 15) is 0 Å². The molecule has 1 rings (SSSR count). The Hall–Kier alpha value is -0.0500. The molecule has 0 bridgehead atoms. The predicted molar refractivity (Wildman–Crippen MR) is 51.6 cm³/mol. The molecular weight excluding hydrogens is 178 g/mol. The molecule has 0 aromatic carbocycles. The van der Waals surface area contributed by atoms with Gasteiger partial charge in [0.2, 0.25) is 0 Å². The Morgan fingerprint density at radius 2 is 2.00 bits per heavy atom. The van der Waals surface area contributed by atoms with Gasteiger partial charge in [0, 0.05) is 9.75 Å². The zero-order valence-corrected chi connectivity index (χ0v) is 8.35. The van der Waals surface area contributed by atoms with Gasteiger partial charge in [-0.1, -0.05) is 11.6 Å². The Balaban J connectivity index is 3.02. The van der Waals surface area contributed by atoms with Crippen molar-refractivity contribution in [1.82, 2.24) is 0 Å². The standard InChI is InChI=1S/C8H12ClNS/c1-5-7(3-4-10)8(9)6(2)11-5/h3-4,10H2,1-2H3. The third-order valence-corrected chi connectivity index (χ3v) is 3.39. The minimum atomic E-state index is 0.677. The molecule has 0 atom stereocenters. The Labute approximate surface area is 76.2 Å². The molecule has 0 fully saturated rings. The van der Waals surface area contributed by atoms with Gasteiger partial charge in [0.1, 0.15) is 0 Å². The van der Waals surface area contributed by atoms with Crippen LogP contribution >= 0.6 is 22.9 Å². The van der Waals surface area contributed by atoms with Gasteiger partial charge in [0.25, 0.3) is 0 Å². The third kappa shape index (κ3) is 1.75. The minimum absolute atomic E-state index is 0.677. The molecule has 0 aliphatic carbocycles. The highest BCUT2D eigenvalue weighted by Crippen LogP contribution is 2.31. The van der Waals surface area contributed by atoms with E-state index in [4.69, 9.17) is 17.3 Å². The highest BCUT2D eigenvalue weighted by Gasteiger charge is 2.09. The third-order valence-electron chi connectivity index (χ3n) is 1.70. The highest BCUT2D eigenvalue weighted by atomic mass is 35.5. The topological polar surface area (TPSA) is 26.0 Å². The minimum Gasteiger partial charge on any atom is -0.330 e. The molecule has 2 N–H and O–H groups in total. The molecule has 3 heteroatoms. The molecular formula is C8H12ClNS. The van der Waals surface area contributed by atoms with Crippen molar-refractivity contribution in [2.24, 2.45) is 5.73 Å². The normalized spacial score (nSPS) is 10.5. The molecule has 0 spiro atoms. The smallest absolute Gasteiger partial charge is 0.0577 e. The summed E-state index contributed by atoms with van der Waals surface area (Å²) in [6, 6.07) is 0. The second-order valence-corrected chi connectivity index (χ2v) is 4.35. The summed E-state index contributed by atoms with van der Waals surface area (Å²) in [5, 5.41) is 0.915. The van der Waals surface area contributed by atoms with Gasteiger partial charge in [-0.05, 0) is 32.4 Å². The van der Waals surface area contributed by atoms with Crippen molar-refractivity contribution in [3.05, 3.63) is 20.3 Å². The first-order chi connectivity index (χ1) is 5.16. The first kappa shape index (κ1) is 9.04. The van der Waals surface area contributed by atoms with E-state index in [1.54, 1.807) is 11.3 Å². The van der Waals surface area contributed by atoms with Crippen molar-refractivity contribution >= 4 is 22.9 Å². The van der Waals surface area contributed by atoms with E-state index in [1.165, 1.54) is 15.3 Å². The summed E-state index contributed by atoms with van der Waals surface area (Å²) in [5.41, 5.74) is 6.69. The molecule has 1 nitrogen and oxygen atoms in total. The van der Waals surface area contributed by atoms with Crippen LogP contribution in [0.4, 0.5) is 0 Å². The summed E-state index contributed by atoms with van der Waals surface area (Å²) in [7, 11) is 0. The molecule has 62 valence electrons. The van der Waals surface area contributed by atoms with Crippen molar-refractivity contribution in [3.63, 3.8) is 0 Å². The molecule has 11 heavy (non-hydrogen) atoms. The number of rotatable bonds is 2. The summed E-state index contributed by atoms with van der Waals surface area (Å²) >= 11 is 7.80. The van der Waals surface area contributed by atoms with Gasteiger partial charge in [0.05, 0.1) is 5.02 Å². The number of hydrogen-bond acceptors (Lipinski definition) is 2. The fraction of sp³-hybridized carbons (Fsp3) is 0.500. The van der Waals surface area contributed by atoms with E-state index in [-0.39, 0.29) is 0 Å². The number of thiophene rings is 1. The van der Waals surface area contributed by atoms with E-state index in [1.807, 2.05) is 6.92 Å². The zero-order valence-electron chi connectivity index (χ0n) is 6.78. The Kier molecular flexibility index (Phi) is 2.93. The number of hydrogen-bond donors (Lipinski definition) is 1. The summed E-state index contributed by atoms with van der Waals surface area (Å²) in [6.45, 7) is 4.81. The molecule has 0 amide bonds. The Bertz CT molecular complexity index is 255. The molecule has 1 heterocycles. The van der Waals surface area contributed by atoms with Crippen LogP contribution in [0.2, 0.25) is 5.02 Å². The van der Waals surface area contributed by atoms with Crippen LogP contribution in [0.5, 0.6) is 0 Å². The summed E-state index contributed by atoms with van der Waals surface area (Å²) in [4.78, 5) is 2.51. The van der Waals surface area contributed by atoms with Crippen molar-refractivity contribution in [1.29, 1.82) is 0 Å². The van der Waals surface area contributed by atoms with Crippen LogP contribution in [-0.2, 0) is 6.42 Å². The lowest BCUT2D eigenvalue weighted by Crippen LogP contribution is -2.02. The molecule has 0 aliphatic rings. The largest absolute Gasteiger partial charge is 0.330 e. The van der Waals surface area contributed by atoms with Crippen LogP contribution in [0.25, 0.3) is 0 Å². The molecule has 0 saturated carbocycles. The Morgan fingerprint density at radius 3 is 2.36 bits per heavy atom. The van der Waals surface area contributed by atoms with Crippen molar-refractivity contribution in [3.8, 4) is 0 Å². The van der Waals surface area contributed by atoms with Gasteiger partial charge >= 0.3 is 0 Å². The molecule has 1 aromatic heterocycles. The lowest BCUT2D eigenvalue weighted by atomic mass is 10.2. The van der Waals surface area contributed by atoms with Gasteiger partial charge in [-0.3, -0.25) is 0 Å². The average molecular weight is 190 g/mol. The second kappa shape index (κ2) is 3.57. The molecule has 0 unspecified atom stereocenters. The lowest BCUT2D eigenvalue weighted by molar-refractivity contribution is 0.966. The first-order valence-corrected chi connectivity index (χ1v) is 4.80. The van der Waals surface area contributed by atoms with Crippen molar-refractivity contribution < 1.29 is 0 Å². The first-order valence-electron chi connectivity index (χ1n) is 3.61. The van der Waals surface area contributed by atoms with E-state index < -0.39 is 0 Å². The van der Waals surface area contributed by atoms with Gasteiger partial charge < -0.3 is 5.73 Å². The van der Waals surface area contributed by atoms with E-state index in [0.717, 1.165) is 11.4 Å². The van der Waals surface area contributed by atoms with Gasteiger partial charge in [-0.25, -0.2) is 0 Å².